The van der Waals surface area contributed by atoms with Crippen molar-refractivity contribution in [2.24, 2.45) is 0 Å². The minimum absolute atomic E-state index is 0.251. The highest BCUT2D eigenvalue weighted by molar-refractivity contribution is 5.92. The largest absolute Gasteiger partial charge is 0.480 e. The first-order valence-corrected chi connectivity index (χ1v) is 8.79. The predicted octanol–water partition coefficient (Wildman–Crippen LogP) is -1.22. The summed E-state index contributed by atoms with van der Waals surface area (Å²) in [7, 11) is 0. The Morgan fingerprint density at radius 3 is 2.48 bits per heavy atom. The topological polar surface area (TPSA) is 137 Å². The van der Waals surface area contributed by atoms with Crippen molar-refractivity contribution < 1.29 is 24.3 Å². The molecule has 1 aromatic rings. The van der Waals surface area contributed by atoms with Gasteiger partial charge in [-0.3, -0.25) is 19.2 Å². The summed E-state index contributed by atoms with van der Waals surface area (Å²) in [5.41, 5.74) is 0.868. The first-order chi connectivity index (χ1) is 13.0. The van der Waals surface area contributed by atoms with Crippen LogP contribution in [0.4, 0.5) is 0 Å². The van der Waals surface area contributed by atoms with Crippen LogP contribution in [0.1, 0.15) is 18.4 Å². The molecule has 3 amide bonds. The maximum absolute atomic E-state index is 12.5. The molecule has 1 saturated heterocycles. The Bertz CT molecular complexity index is 674. The molecule has 0 bridgehead atoms. The maximum atomic E-state index is 12.5. The SMILES string of the molecule is O=C(O)CNC(=O)CNC(=O)C(Cc1ccccc1)NC(=O)C1CCCN1. The van der Waals surface area contributed by atoms with E-state index in [0.717, 1.165) is 18.5 Å². The number of aliphatic carboxylic acids is 1. The van der Waals surface area contributed by atoms with Crippen molar-refractivity contribution in [2.45, 2.75) is 31.3 Å². The van der Waals surface area contributed by atoms with E-state index in [1.54, 1.807) is 0 Å². The fourth-order valence-electron chi connectivity index (χ4n) is 2.77. The van der Waals surface area contributed by atoms with Gasteiger partial charge in [-0.1, -0.05) is 30.3 Å². The predicted molar refractivity (Wildman–Crippen MR) is 96.8 cm³/mol. The van der Waals surface area contributed by atoms with Crippen molar-refractivity contribution in [2.75, 3.05) is 19.6 Å². The van der Waals surface area contributed by atoms with Crippen molar-refractivity contribution in [3.8, 4) is 0 Å². The molecule has 2 unspecified atom stereocenters. The molecule has 1 aliphatic heterocycles. The van der Waals surface area contributed by atoms with Crippen LogP contribution in [0, 0.1) is 0 Å². The molecule has 1 aromatic carbocycles. The van der Waals surface area contributed by atoms with Crippen LogP contribution in [-0.2, 0) is 25.6 Å². The summed E-state index contributed by atoms with van der Waals surface area (Å²) in [6.07, 6.45) is 1.89. The van der Waals surface area contributed by atoms with Gasteiger partial charge in [0.1, 0.15) is 12.6 Å². The first-order valence-electron chi connectivity index (χ1n) is 8.79. The van der Waals surface area contributed by atoms with Crippen molar-refractivity contribution in [1.82, 2.24) is 21.3 Å². The summed E-state index contributed by atoms with van der Waals surface area (Å²) in [4.78, 5) is 46.9. The van der Waals surface area contributed by atoms with Crippen LogP contribution in [-0.4, -0.2) is 60.5 Å². The van der Waals surface area contributed by atoms with Gasteiger partial charge < -0.3 is 26.4 Å². The van der Waals surface area contributed by atoms with Crippen molar-refractivity contribution >= 4 is 23.7 Å². The average molecular weight is 376 g/mol. The van der Waals surface area contributed by atoms with E-state index < -0.39 is 30.4 Å². The van der Waals surface area contributed by atoms with Gasteiger partial charge in [0.15, 0.2) is 0 Å². The van der Waals surface area contributed by atoms with E-state index in [2.05, 4.69) is 21.3 Å². The number of amides is 3. The van der Waals surface area contributed by atoms with Crippen molar-refractivity contribution in [1.29, 1.82) is 0 Å². The molecule has 0 radical (unpaired) electrons. The van der Waals surface area contributed by atoms with Crippen molar-refractivity contribution in [3.05, 3.63) is 35.9 Å². The average Bonchev–Trinajstić information content (AvgIpc) is 3.19. The lowest BCUT2D eigenvalue weighted by atomic mass is 10.0. The first kappa shape index (κ1) is 20.4. The summed E-state index contributed by atoms with van der Waals surface area (Å²) < 4.78 is 0. The molecule has 5 N–H and O–H groups in total. The highest BCUT2D eigenvalue weighted by Crippen LogP contribution is 2.07. The number of benzene rings is 1. The van der Waals surface area contributed by atoms with Gasteiger partial charge >= 0.3 is 5.97 Å². The van der Waals surface area contributed by atoms with Crippen LogP contribution in [0.5, 0.6) is 0 Å². The van der Waals surface area contributed by atoms with Gasteiger partial charge in [0.2, 0.25) is 17.7 Å². The van der Waals surface area contributed by atoms with E-state index in [4.69, 9.17) is 5.11 Å². The molecule has 2 rings (SSSR count). The third kappa shape index (κ3) is 7.06. The minimum atomic E-state index is -1.17. The number of hydrogen-bond donors (Lipinski definition) is 5. The number of rotatable bonds is 9. The minimum Gasteiger partial charge on any atom is -0.480 e. The Morgan fingerprint density at radius 2 is 1.85 bits per heavy atom. The highest BCUT2D eigenvalue weighted by atomic mass is 16.4. The standard InChI is InChI=1S/C18H24N4O5/c23-15(20-11-16(24)25)10-21-17(26)14(9-12-5-2-1-3-6-12)22-18(27)13-7-4-8-19-13/h1-3,5-6,13-14,19H,4,7-11H2,(H,20,23)(H,21,26)(H,22,27)(H,24,25). The van der Waals surface area contributed by atoms with Gasteiger partial charge in [-0.05, 0) is 24.9 Å². The third-order valence-electron chi connectivity index (χ3n) is 4.15. The molecule has 0 spiro atoms. The van der Waals surface area contributed by atoms with Crippen LogP contribution >= 0.6 is 0 Å². The Kier molecular flexibility index (Phi) is 7.75. The third-order valence-corrected chi connectivity index (χ3v) is 4.15. The molecule has 9 heteroatoms. The highest BCUT2D eigenvalue weighted by Gasteiger charge is 2.27. The number of carboxylic acid groups (broad SMARTS) is 1. The normalized spacial score (nSPS) is 17.0. The monoisotopic (exact) mass is 376 g/mol. The smallest absolute Gasteiger partial charge is 0.322 e. The lowest BCUT2D eigenvalue weighted by Crippen LogP contribution is -2.53. The number of carbonyl (C=O) groups is 4. The van der Waals surface area contributed by atoms with Crippen molar-refractivity contribution in [3.63, 3.8) is 0 Å². The number of carboxylic acids is 1. The van der Waals surface area contributed by atoms with Crippen LogP contribution in [0.3, 0.4) is 0 Å². The maximum Gasteiger partial charge on any atom is 0.322 e. The molecule has 146 valence electrons. The van der Waals surface area contributed by atoms with Gasteiger partial charge in [0, 0.05) is 6.42 Å². The van der Waals surface area contributed by atoms with E-state index in [1.165, 1.54) is 0 Å². The van der Waals surface area contributed by atoms with E-state index in [0.29, 0.717) is 6.42 Å². The van der Waals surface area contributed by atoms with E-state index in [-0.39, 0.29) is 24.9 Å². The lowest BCUT2D eigenvalue weighted by Gasteiger charge is -2.20. The molecule has 2 atom stereocenters. The molecule has 0 aliphatic carbocycles. The molecular formula is C18H24N4O5. The number of hydrogen-bond acceptors (Lipinski definition) is 5. The molecule has 0 saturated carbocycles. The van der Waals surface area contributed by atoms with Crippen LogP contribution in [0.15, 0.2) is 30.3 Å². The second-order valence-corrected chi connectivity index (χ2v) is 6.29. The summed E-state index contributed by atoms with van der Waals surface area (Å²) in [6, 6.07) is 8.06. The number of nitrogens with one attached hydrogen (secondary N) is 4. The fraction of sp³-hybridized carbons (Fsp3) is 0.444. The lowest BCUT2D eigenvalue weighted by molar-refractivity contribution is -0.138. The fourth-order valence-corrected chi connectivity index (χ4v) is 2.77. The molecule has 1 heterocycles. The molecule has 1 aliphatic rings. The summed E-state index contributed by atoms with van der Waals surface area (Å²) >= 11 is 0. The summed E-state index contributed by atoms with van der Waals surface area (Å²) in [5, 5.41) is 19.0. The zero-order chi connectivity index (χ0) is 19.6. The molecular weight excluding hydrogens is 352 g/mol. The quantitative estimate of drug-likeness (QED) is 0.367. The van der Waals surface area contributed by atoms with Gasteiger partial charge in [0.25, 0.3) is 0 Å². The zero-order valence-electron chi connectivity index (χ0n) is 14.9. The van der Waals surface area contributed by atoms with Gasteiger partial charge in [0.05, 0.1) is 12.6 Å². The molecule has 9 nitrogen and oxygen atoms in total. The second-order valence-electron chi connectivity index (χ2n) is 6.29. The molecule has 1 fully saturated rings. The second kappa shape index (κ2) is 10.3. The molecule has 0 aromatic heterocycles. The molecule has 27 heavy (non-hydrogen) atoms. The summed E-state index contributed by atoms with van der Waals surface area (Å²) in [6.45, 7) is -0.126. The summed E-state index contributed by atoms with van der Waals surface area (Å²) in [5.74, 6) is -2.55. The van der Waals surface area contributed by atoms with E-state index in [9.17, 15) is 19.2 Å². The van der Waals surface area contributed by atoms with Gasteiger partial charge in [-0.2, -0.15) is 0 Å². The van der Waals surface area contributed by atoms with Gasteiger partial charge in [-0.15, -0.1) is 0 Å². The van der Waals surface area contributed by atoms with E-state index in [1.807, 2.05) is 30.3 Å². The Balaban J connectivity index is 1.95. The number of carbonyl (C=O) groups excluding carboxylic acids is 3. The van der Waals surface area contributed by atoms with Crippen LogP contribution in [0.25, 0.3) is 0 Å². The van der Waals surface area contributed by atoms with E-state index >= 15 is 0 Å². The van der Waals surface area contributed by atoms with Gasteiger partial charge in [-0.25, -0.2) is 0 Å². The van der Waals surface area contributed by atoms with Crippen LogP contribution < -0.4 is 21.3 Å². The zero-order valence-corrected chi connectivity index (χ0v) is 14.9. The Hall–Kier alpha value is -2.94. The Labute approximate surface area is 156 Å². The van der Waals surface area contributed by atoms with Crippen LogP contribution in [0.2, 0.25) is 0 Å². The Morgan fingerprint density at radius 1 is 1.11 bits per heavy atom.